The highest BCUT2D eigenvalue weighted by Gasteiger charge is 2.32. The summed E-state index contributed by atoms with van der Waals surface area (Å²) < 4.78 is 17.5. The number of rotatable bonds is 6. The monoisotopic (exact) mass is 347 g/mol. The lowest BCUT2D eigenvalue weighted by molar-refractivity contribution is -0.0817. The van der Waals surface area contributed by atoms with Crippen molar-refractivity contribution in [2.75, 3.05) is 46.0 Å². The molecule has 3 rings (SSSR count). The Bertz CT molecular complexity index is 532. The van der Waals surface area contributed by atoms with Crippen molar-refractivity contribution in [3.05, 3.63) is 30.3 Å². The molecule has 6 nitrogen and oxygen atoms in total. The van der Waals surface area contributed by atoms with Crippen LogP contribution in [0.3, 0.4) is 0 Å². The third-order valence-corrected chi connectivity index (χ3v) is 4.47. The van der Waals surface area contributed by atoms with Crippen molar-refractivity contribution < 1.29 is 14.2 Å². The third kappa shape index (κ3) is 5.34. The lowest BCUT2D eigenvalue weighted by Gasteiger charge is -2.37. The Labute approximate surface area is 150 Å². The lowest BCUT2D eigenvalue weighted by atomic mass is 10.1. The van der Waals surface area contributed by atoms with E-state index in [1.165, 1.54) is 0 Å². The van der Waals surface area contributed by atoms with E-state index in [-0.39, 0.29) is 12.2 Å². The molecule has 0 spiro atoms. The number of nitrogens with zero attached hydrogens (tertiary/aromatic N) is 2. The Morgan fingerprint density at radius 2 is 2.08 bits per heavy atom. The van der Waals surface area contributed by atoms with Crippen molar-refractivity contribution in [1.82, 2.24) is 10.2 Å². The number of hydrogen-bond donors (Lipinski definition) is 1. The van der Waals surface area contributed by atoms with Gasteiger partial charge in [-0.2, -0.15) is 0 Å². The fraction of sp³-hybridized carbons (Fsp3) is 0.632. The van der Waals surface area contributed by atoms with Gasteiger partial charge >= 0.3 is 0 Å². The molecule has 6 heteroatoms. The third-order valence-electron chi connectivity index (χ3n) is 4.47. The van der Waals surface area contributed by atoms with Gasteiger partial charge in [0.15, 0.2) is 5.96 Å². The van der Waals surface area contributed by atoms with E-state index in [1.807, 2.05) is 30.3 Å². The molecule has 2 unspecified atom stereocenters. The van der Waals surface area contributed by atoms with Crippen LogP contribution in [-0.4, -0.2) is 69.1 Å². The molecule has 0 aliphatic carbocycles. The lowest BCUT2D eigenvalue weighted by Crippen LogP contribution is -2.53. The van der Waals surface area contributed by atoms with E-state index < -0.39 is 0 Å². The van der Waals surface area contributed by atoms with Crippen LogP contribution in [0.5, 0.6) is 5.75 Å². The van der Waals surface area contributed by atoms with Crippen molar-refractivity contribution in [3.63, 3.8) is 0 Å². The van der Waals surface area contributed by atoms with E-state index in [4.69, 9.17) is 19.2 Å². The van der Waals surface area contributed by atoms with Crippen LogP contribution in [0.2, 0.25) is 0 Å². The molecule has 2 aliphatic heterocycles. The molecule has 0 bridgehead atoms. The van der Waals surface area contributed by atoms with Gasteiger partial charge < -0.3 is 24.4 Å². The second kappa shape index (κ2) is 9.63. The standard InChI is InChI=1S/C19H29N3O3/c1-2-20-19(21-10-13-23-16-7-4-3-5-8-16)22-11-14-25-18(15-22)17-9-6-12-24-17/h3-5,7-8,17-18H,2,6,9-15H2,1H3,(H,20,21). The summed E-state index contributed by atoms with van der Waals surface area (Å²) in [6.07, 6.45) is 2.60. The highest BCUT2D eigenvalue weighted by Crippen LogP contribution is 2.21. The Kier molecular flexibility index (Phi) is 6.94. The molecular weight excluding hydrogens is 318 g/mol. The van der Waals surface area contributed by atoms with Crippen molar-refractivity contribution >= 4 is 5.96 Å². The largest absolute Gasteiger partial charge is 0.492 e. The Morgan fingerprint density at radius 3 is 2.84 bits per heavy atom. The maximum atomic E-state index is 5.93. The van der Waals surface area contributed by atoms with E-state index in [0.717, 1.165) is 57.4 Å². The van der Waals surface area contributed by atoms with Crippen LogP contribution in [-0.2, 0) is 9.47 Å². The topological polar surface area (TPSA) is 55.3 Å². The number of morpholine rings is 1. The van der Waals surface area contributed by atoms with Gasteiger partial charge in [0, 0.05) is 26.2 Å². The van der Waals surface area contributed by atoms with Crippen LogP contribution in [0.25, 0.3) is 0 Å². The second-order valence-electron chi connectivity index (χ2n) is 6.30. The van der Waals surface area contributed by atoms with Gasteiger partial charge in [-0.25, -0.2) is 4.99 Å². The fourth-order valence-electron chi connectivity index (χ4n) is 3.25. The van der Waals surface area contributed by atoms with Crippen LogP contribution >= 0.6 is 0 Å². The van der Waals surface area contributed by atoms with E-state index in [0.29, 0.717) is 13.2 Å². The molecule has 2 atom stereocenters. The summed E-state index contributed by atoms with van der Waals surface area (Å²) in [6, 6.07) is 9.85. The molecule has 1 aromatic rings. The number of benzene rings is 1. The minimum atomic E-state index is 0.140. The minimum Gasteiger partial charge on any atom is -0.492 e. The first-order valence-electron chi connectivity index (χ1n) is 9.31. The van der Waals surface area contributed by atoms with Crippen LogP contribution < -0.4 is 10.1 Å². The maximum Gasteiger partial charge on any atom is 0.194 e. The molecule has 2 fully saturated rings. The Hall–Kier alpha value is -1.79. The molecule has 25 heavy (non-hydrogen) atoms. The molecule has 1 N–H and O–H groups in total. The van der Waals surface area contributed by atoms with E-state index >= 15 is 0 Å². The normalized spacial score (nSPS) is 24.4. The molecular formula is C19H29N3O3. The van der Waals surface area contributed by atoms with Gasteiger partial charge in [0.05, 0.1) is 19.3 Å². The van der Waals surface area contributed by atoms with Crippen molar-refractivity contribution in [2.45, 2.75) is 32.0 Å². The molecule has 2 heterocycles. The Balaban J connectivity index is 1.51. The molecule has 1 aromatic carbocycles. The van der Waals surface area contributed by atoms with Crippen LogP contribution in [0.4, 0.5) is 0 Å². The molecule has 0 aromatic heterocycles. The minimum absolute atomic E-state index is 0.140. The SMILES string of the molecule is CCNC(=NCCOc1ccccc1)N1CCOC(C2CCCO2)C1. The van der Waals surface area contributed by atoms with Crippen molar-refractivity contribution in [2.24, 2.45) is 4.99 Å². The van der Waals surface area contributed by atoms with E-state index in [1.54, 1.807) is 0 Å². The summed E-state index contributed by atoms with van der Waals surface area (Å²) in [5, 5.41) is 3.39. The maximum absolute atomic E-state index is 5.93. The molecule has 0 amide bonds. The van der Waals surface area contributed by atoms with Crippen molar-refractivity contribution in [1.29, 1.82) is 0 Å². The predicted octanol–water partition coefficient (Wildman–Crippen LogP) is 1.91. The highest BCUT2D eigenvalue weighted by atomic mass is 16.5. The highest BCUT2D eigenvalue weighted by molar-refractivity contribution is 5.80. The van der Waals surface area contributed by atoms with Gasteiger partial charge in [0.1, 0.15) is 18.5 Å². The fourth-order valence-corrected chi connectivity index (χ4v) is 3.25. The molecule has 0 saturated carbocycles. The van der Waals surface area contributed by atoms with Crippen LogP contribution in [0.1, 0.15) is 19.8 Å². The van der Waals surface area contributed by atoms with Gasteiger partial charge in [-0.05, 0) is 31.9 Å². The van der Waals surface area contributed by atoms with Gasteiger partial charge in [0.2, 0.25) is 0 Å². The zero-order valence-electron chi connectivity index (χ0n) is 15.0. The summed E-state index contributed by atoms with van der Waals surface area (Å²) >= 11 is 0. The van der Waals surface area contributed by atoms with Crippen LogP contribution in [0, 0.1) is 0 Å². The van der Waals surface area contributed by atoms with E-state index in [9.17, 15) is 0 Å². The number of aliphatic imine (C=N–C) groups is 1. The van der Waals surface area contributed by atoms with Gasteiger partial charge in [-0.15, -0.1) is 0 Å². The first kappa shape index (κ1) is 18.0. The summed E-state index contributed by atoms with van der Waals surface area (Å²) in [5.74, 6) is 1.82. The smallest absolute Gasteiger partial charge is 0.194 e. The number of ether oxygens (including phenoxy) is 3. The zero-order valence-corrected chi connectivity index (χ0v) is 15.0. The Morgan fingerprint density at radius 1 is 1.24 bits per heavy atom. The molecule has 0 radical (unpaired) electrons. The summed E-state index contributed by atoms with van der Waals surface area (Å²) in [4.78, 5) is 7.00. The zero-order chi connectivity index (χ0) is 17.3. The molecule has 138 valence electrons. The summed E-state index contributed by atoms with van der Waals surface area (Å²) in [5.41, 5.74) is 0. The van der Waals surface area contributed by atoms with E-state index in [2.05, 4.69) is 17.1 Å². The van der Waals surface area contributed by atoms with Gasteiger partial charge in [-0.3, -0.25) is 0 Å². The summed E-state index contributed by atoms with van der Waals surface area (Å²) in [7, 11) is 0. The molecule has 2 aliphatic rings. The average molecular weight is 347 g/mol. The summed E-state index contributed by atoms with van der Waals surface area (Å²) in [6.45, 7) is 7.39. The quantitative estimate of drug-likeness (QED) is 0.484. The van der Waals surface area contributed by atoms with Crippen molar-refractivity contribution in [3.8, 4) is 5.75 Å². The van der Waals surface area contributed by atoms with Crippen LogP contribution in [0.15, 0.2) is 35.3 Å². The molecule has 2 saturated heterocycles. The van der Waals surface area contributed by atoms with Gasteiger partial charge in [-0.1, -0.05) is 18.2 Å². The van der Waals surface area contributed by atoms with Gasteiger partial charge in [0.25, 0.3) is 0 Å². The first-order valence-corrected chi connectivity index (χ1v) is 9.31. The number of nitrogens with one attached hydrogen (secondary N) is 1. The predicted molar refractivity (Wildman–Crippen MR) is 98.2 cm³/mol. The average Bonchev–Trinajstić information content (AvgIpc) is 3.20. The first-order chi connectivity index (χ1) is 12.4. The number of guanidine groups is 1. The number of para-hydroxylation sites is 1. The second-order valence-corrected chi connectivity index (χ2v) is 6.30. The number of hydrogen-bond acceptors (Lipinski definition) is 4.